The van der Waals surface area contributed by atoms with E-state index in [0.717, 1.165) is 44.3 Å². The molecule has 8 nitrogen and oxygen atoms in total. The average molecular weight is 349 g/mol. The number of hydrogen-bond acceptors (Lipinski definition) is 7. The summed E-state index contributed by atoms with van der Waals surface area (Å²) < 4.78 is 10.6. The molecule has 4 rings (SSSR count). The number of carbonyl (C=O) groups is 1. The Morgan fingerprint density at radius 2 is 2.04 bits per heavy atom. The summed E-state index contributed by atoms with van der Waals surface area (Å²) in [5.74, 6) is 2.29. The summed E-state index contributed by atoms with van der Waals surface area (Å²) in [6, 6.07) is 0.431. The molecule has 8 heteroatoms. The molecule has 1 amide bonds. The molecule has 0 radical (unpaired) electrons. The molecule has 0 spiro atoms. The number of morpholine rings is 1. The van der Waals surface area contributed by atoms with E-state index in [1.165, 1.54) is 12.8 Å². The Hall–Kier alpha value is -1.51. The van der Waals surface area contributed by atoms with Gasteiger partial charge in [0, 0.05) is 38.1 Å². The van der Waals surface area contributed by atoms with Crippen molar-refractivity contribution in [3.8, 4) is 0 Å². The van der Waals surface area contributed by atoms with Crippen molar-refractivity contribution in [3.05, 3.63) is 11.7 Å². The summed E-state index contributed by atoms with van der Waals surface area (Å²) in [7, 11) is 2.10. The van der Waals surface area contributed by atoms with E-state index in [9.17, 15) is 4.79 Å². The van der Waals surface area contributed by atoms with Crippen molar-refractivity contribution in [2.24, 2.45) is 0 Å². The Labute approximate surface area is 148 Å². The second kappa shape index (κ2) is 7.39. The molecular weight excluding hydrogens is 322 g/mol. The summed E-state index contributed by atoms with van der Waals surface area (Å²) in [5, 5.41) is 4.10. The molecule has 1 aromatic heterocycles. The van der Waals surface area contributed by atoms with Crippen molar-refractivity contribution in [1.82, 2.24) is 24.8 Å². The predicted octanol–water partition coefficient (Wildman–Crippen LogP) is 0.312. The van der Waals surface area contributed by atoms with Crippen LogP contribution >= 0.6 is 0 Å². The van der Waals surface area contributed by atoms with E-state index in [1.54, 1.807) is 0 Å². The maximum atomic E-state index is 12.4. The lowest BCUT2D eigenvalue weighted by Gasteiger charge is -2.29. The van der Waals surface area contributed by atoms with Gasteiger partial charge in [0.2, 0.25) is 11.8 Å². The molecule has 3 aliphatic rings. The number of nitrogens with zero attached hydrogens (tertiary/aromatic N) is 5. The number of aromatic nitrogens is 2. The van der Waals surface area contributed by atoms with E-state index in [-0.39, 0.29) is 5.91 Å². The topological polar surface area (TPSA) is 74.9 Å². The largest absolute Gasteiger partial charge is 0.378 e. The fraction of sp³-hybridized carbons (Fsp3) is 0.824. The molecule has 0 unspecified atom stereocenters. The van der Waals surface area contributed by atoms with E-state index < -0.39 is 0 Å². The van der Waals surface area contributed by atoms with Gasteiger partial charge in [-0.25, -0.2) is 0 Å². The number of likely N-dealkylation sites (N-methyl/N-ethyl adjacent to an activating group) is 1. The van der Waals surface area contributed by atoms with E-state index >= 15 is 0 Å². The van der Waals surface area contributed by atoms with Crippen LogP contribution in [0, 0.1) is 0 Å². The molecular formula is C17H27N5O3. The summed E-state index contributed by atoms with van der Waals surface area (Å²) in [4.78, 5) is 23.3. The third kappa shape index (κ3) is 4.19. The summed E-state index contributed by atoms with van der Waals surface area (Å²) >= 11 is 0. The molecule has 0 bridgehead atoms. The highest BCUT2D eigenvalue weighted by molar-refractivity contribution is 5.78. The quantitative estimate of drug-likeness (QED) is 0.732. The highest BCUT2D eigenvalue weighted by atomic mass is 16.5. The van der Waals surface area contributed by atoms with Crippen LogP contribution in [0.15, 0.2) is 4.52 Å². The first-order chi connectivity index (χ1) is 12.2. The van der Waals surface area contributed by atoms with Gasteiger partial charge >= 0.3 is 0 Å². The van der Waals surface area contributed by atoms with Gasteiger partial charge in [0.25, 0.3) is 0 Å². The van der Waals surface area contributed by atoms with Crippen molar-refractivity contribution in [3.63, 3.8) is 0 Å². The minimum Gasteiger partial charge on any atom is -0.378 e. The van der Waals surface area contributed by atoms with Crippen molar-refractivity contribution < 1.29 is 14.1 Å². The Kier molecular flexibility index (Phi) is 5.00. The van der Waals surface area contributed by atoms with E-state index in [0.29, 0.717) is 38.3 Å². The fourth-order valence-corrected chi connectivity index (χ4v) is 3.60. The van der Waals surface area contributed by atoms with Crippen LogP contribution in [0.3, 0.4) is 0 Å². The molecule has 1 atom stereocenters. The van der Waals surface area contributed by atoms with Gasteiger partial charge in [0.1, 0.15) is 0 Å². The Morgan fingerprint density at radius 3 is 2.80 bits per heavy atom. The number of likely N-dealkylation sites (tertiary alicyclic amines) is 1. The highest BCUT2D eigenvalue weighted by Gasteiger charge is 2.31. The van der Waals surface area contributed by atoms with Crippen LogP contribution < -0.4 is 0 Å². The normalized spacial score (nSPS) is 25.0. The first-order valence-corrected chi connectivity index (χ1v) is 9.29. The summed E-state index contributed by atoms with van der Waals surface area (Å²) in [5.41, 5.74) is 0. The molecule has 0 N–H and O–H groups in total. The molecule has 138 valence electrons. The van der Waals surface area contributed by atoms with Crippen LogP contribution in [-0.4, -0.2) is 89.8 Å². The molecule has 2 saturated heterocycles. The molecule has 1 saturated carbocycles. The van der Waals surface area contributed by atoms with Gasteiger partial charge in [-0.3, -0.25) is 14.6 Å². The lowest BCUT2D eigenvalue weighted by atomic mass is 10.2. The molecule has 2 aliphatic heterocycles. The predicted molar refractivity (Wildman–Crippen MR) is 90.0 cm³/mol. The van der Waals surface area contributed by atoms with Crippen molar-refractivity contribution in [2.45, 2.75) is 37.8 Å². The van der Waals surface area contributed by atoms with Crippen LogP contribution in [0.25, 0.3) is 0 Å². The minimum absolute atomic E-state index is 0.221. The fourth-order valence-electron chi connectivity index (χ4n) is 3.60. The van der Waals surface area contributed by atoms with Gasteiger partial charge in [0.15, 0.2) is 5.82 Å². The Bertz CT molecular complexity index is 597. The maximum Gasteiger partial charge on any atom is 0.236 e. The van der Waals surface area contributed by atoms with E-state index in [1.807, 2.05) is 4.90 Å². The minimum atomic E-state index is 0.221. The second-order valence-corrected chi connectivity index (χ2v) is 7.41. The maximum absolute atomic E-state index is 12.4. The molecule has 3 fully saturated rings. The van der Waals surface area contributed by atoms with Gasteiger partial charge in [-0.15, -0.1) is 0 Å². The zero-order chi connectivity index (χ0) is 17.2. The van der Waals surface area contributed by atoms with Crippen LogP contribution in [0.1, 0.15) is 36.9 Å². The third-order valence-electron chi connectivity index (χ3n) is 5.39. The SMILES string of the molecule is CN(Cc1noc(C2CC2)n1)[C@H]1CCN(CC(=O)N2CCOCC2)C1. The molecule has 0 aromatic carbocycles. The lowest BCUT2D eigenvalue weighted by molar-refractivity contribution is -0.136. The van der Waals surface area contributed by atoms with Gasteiger partial charge in [-0.2, -0.15) is 4.98 Å². The Balaban J connectivity index is 1.24. The number of hydrogen-bond donors (Lipinski definition) is 0. The average Bonchev–Trinajstić information content (AvgIpc) is 3.19. The van der Waals surface area contributed by atoms with Gasteiger partial charge in [-0.1, -0.05) is 5.16 Å². The standard InChI is InChI=1S/C17H27N5O3/c1-20(11-15-18-17(25-19-15)13-2-3-13)14-4-5-21(10-14)12-16(23)22-6-8-24-9-7-22/h13-14H,2-12H2,1H3/t14-/m0/s1. The second-order valence-electron chi connectivity index (χ2n) is 7.41. The van der Waals surface area contributed by atoms with Gasteiger partial charge in [-0.05, 0) is 26.3 Å². The highest BCUT2D eigenvalue weighted by Crippen LogP contribution is 2.38. The number of carbonyl (C=O) groups excluding carboxylic acids is 1. The molecule has 3 heterocycles. The van der Waals surface area contributed by atoms with Crippen LogP contribution in [0.2, 0.25) is 0 Å². The van der Waals surface area contributed by atoms with Gasteiger partial charge in [0.05, 0.1) is 26.3 Å². The van der Waals surface area contributed by atoms with Crippen LogP contribution in [-0.2, 0) is 16.1 Å². The smallest absolute Gasteiger partial charge is 0.236 e. The Morgan fingerprint density at radius 1 is 1.24 bits per heavy atom. The molecule has 25 heavy (non-hydrogen) atoms. The van der Waals surface area contributed by atoms with E-state index in [2.05, 4.69) is 27.0 Å². The zero-order valence-corrected chi connectivity index (χ0v) is 14.9. The first-order valence-electron chi connectivity index (χ1n) is 9.29. The summed E-state index contributed by atoms with van der Waals surface area (Å²) in [6.07, 6.45) is 3.42. The first kappa shape index (κ1) is 16.9. The van der Waals surface area contributed by atoms with Crippen molar-refractivity contribution >= 4 is 5.91 Å². The number of rotatable bonds is 6. The third-order valence-corrected chi connectivity index (χ3v) is 5.39. The lowest BCUT2D eigenvalue weighted by Crippen LogP contribution is -2.45. The monoisotopic (exact) mass is 349 g/mol. The van der Waals surface area contributed by atoms with Crippen LogP contribution in [0.4, 0.5) is 0 Å². The number of amides is 1. The van der Waals surface area contributed by atoms with Crippen LogP contribution in [0.5, 0.6) is 0 Å². The molecule has 1 aliphatic carbocycles. The number of ether oxygens (including phenoxy) is 1. The van der Waals surface area contributed by atoms with Crippen molar-refractivity contribution in [1.29, 1.82) is 0 Å². The molecule has 1 aromatic rings. The van der Waals surface area contributed by atoms with Crippen molar-refractivity contribution in [2.75, 3.05) is 53.0 Å². The van der Waals surface area contributed by atoms with E-state index in [4.69, 9.17) is 9.26 Å². The zero-order valence-electron chi connectivity index (χ0n) is 14.9. The summed E-state index contributed by atoms with van der Waals surface area (Å²) in [6.45, 7) is 5.85. The van der Waals surface area contributed by atoms with Gasteiger partial charge < -0.3 is 14.2 Å².